The average molecular weight is 536 g/mol. The third-order valence-electron chi connectivity index (χ3n) is 7.37. The molecule has 0 saturated carbocycles. The van der Waals surface area contributed by atoms with Crippen molar-refractivity contribution in [3.63, 3.8) is 0 Å². The minimum atomic E-state index is -4.54. The van der Waals surface area contributed by atoms with Gasteiger partial charge in [0, 0.05) is 37.8 Å². The summed E-state index contributed by atoms with van der Waals surface area (Å²) >= 11 is 0. The summed E-state index contributed by atoms with van der Waals surface area (Å²) in [6.45, 7) is 9.15. The smallest absolute Gasteiger partial charge is 0.416 e. The number of hydrogen-bond donors (Lipinski definition) is 3. The van der Waals surface area contributed by atoms with Gasteiger partial charge in [-0.25, -0.2) is 0 Å². The highest BCUT2D eigenvalue weighted by molar-refractivity contribution is 5.82. The van der Waals surface area contributed by atoms with E-state index < -0.39 is 22.9 Å². The zero-order valence-corrected chi connectivity index (χ0v) is 22.1. The normalized spacial score (nSPS) is 20.0. The van der Waals surface area contributed by atoms with E-state index in [1.165, 1.54) is 6.07 Å². The van der Waals surface area contributed by atoms with Crippen molar-refractivity contribution in [1.82, 2.24) is 20.0 Å². The fourth-order valence-corrected chi connectivity index (χ4v) is 5.38. The molecule has 4 rings (SSSR count). The number of carbonyl (C=O) groups is 1. The predicted octanol–water partition coefficient (Wildman–Crippen LogP) is 4.06. The molecule has 1 amide bonds. The summed E-state index contributed by atoms with van der Waals surface area (Å²) in [5.74, 6) is 0.161. The molecule has 2 aliphatic rings. The molecule has 3 N–H and O–H groups in total. The monoisotopic (exact) mass is 535 g/mol. The first-order valence-electron chi connectivity index (χ1n) is 13.0. The quantitative estimate of drug-likeness (QED) is 0.513. The third kappa shape index (κ3) is 6.55. The molecule has 1 atom stereocenters. The summed E-state index contributed by atoms with van der Waals surface area (Å²) in [5.41, 5.74) is -0.301. The molecule has 2 saturated heterocycles. The molecule has 2 aliphatic heterocycles. The predicted molar refractivity (Wildman–Crippen MR) is 138 cm³/mol. The summed E-state index contributed by atoms with van der Waals surface area (Å²) in [4.78, 5) is 17.3. The van der Waals surface area contributed by atoms with Gasteiger partial charge >= 0.3 is 6.18 Å². The van der Waals surface area contributed by atoms with E-state index in [9.17, 15) is 28.2 Å². The third-order valence-corrected chi connectivity index (χ3v) is 7.37. The summed E-state index contributed by atoms with van der Waals surface area (Å²) < 4.78 is 38.8. The molecular formula is C27H36F3N5O3. The van der Waals surface area contributed by atoms with Gasteiger partial charge in [0.25, 0.3) is 0 Å². The van der Waals surface area contributed by atoms with Gasteiger partial charge < -0.3 is 25.3 Å². The summed E-state index contributed by atoms with van der Waals surface area (Å²) in [5, 5.41) is 31.8. The van der Waals surface area contributed by atoms with E-state index in [4.69, 9.17) is 0 Å². The lowest BCUT2D eigenvalue weighted by atomic mass is 9.88. The maximum absolute atomic E-state index is 13.2. The number of benzene rings is 1. The number of aromatic hydroxyl groups is 1. The molecule has 0 spiro atoms. The highest BCUT2D eigenvalue weighted by atomic mass is 19.4. The lowest BCUT2D eigenvalue weighted by Crippen LogP contribution is -2.52. The van der Waals surface area contributed by atoms with Gasteiger partial charge in [-0.2, -0.15) is 13.2 Å². The van der Waals surface area contributed by atoms with Crippen molar-refractivity contribution >= 4 is 11.7 Å². The van der Waals surface area contributed by atoms with Crippen molar-refractivity contribution in [2.45, 2.75) is 64.8 Å². The van der Waals surface area contributed by atoms with Crippen LogP contribution in [0.25, 0.3) is 11.3 Å². The molecule has 0 radical (unpaired) electrons. The molecule has 2 aromatic rings. The fraction of sp³-hybridized carbons (Fsp3) is 0.593. The number of nitrogens with one attached hydrogen (secondary N) is 1. The molecule has 1 aromatic carbocycles. The van der Waals surface area contributed by atoms with Crippen LogP contribution in [-0.2, 0) is 11.0 Å². The molecule has 8 nitrogen and oxygen atoms in total. The lowest BCUT2D eigenvalue weighted by Gasteiger charge is -2.40. The van der Waals surface area contributed by atoms with E-state index in [0.717, 1.165) is 32.0 Å². The summed E-state index contributed by atoms with van der Waals surface area (Å²) in [6.07, 6.45) is -1.74. The van der Waals surface area contributed by atoms with E-state index in [-0.39, 0.29) is 23.6 Å². The zero-order valence-electron chi connectivity index (χ0n) is 22.1. The van der Waals surface area contributed by atoms with Crippen LogP contribution in [-0.4, -0.2) is 81.0 Å². The van der Waals surface area contributed by atoms with Crippen LogP contribution in [0.1, 0.15) is 50.7 Å². The van der Waals surface area contributed by atoms with Crippen LogP contribution in [0.4, 0.5) is 19.0 Å². The number of carbonyl (C=O) groups excluding carboxylic acids is 1. The van der Waals surface area contributed by atoms with E-state index in [0.29, 0.717) is 55.6 Å². The Kier molecular flexibility index (Phi) is 8.17. The number of piperidine rings is 2. The average Bonchev–Trinajstić information content (AvgIpc) is 2.84. The number of aromatic nitrogens is 2. The number of alkyl halides is 3. The Morgan fingerprint density at radius 3 is 2.45 bits per heavy atom. The Labute approximate surface area is 220 Å². The number of halogens is 3. The fourth-order valence-electron chi connectivity index (χ4n) is 5.38. The number of hydrogen-bond acceptors (Lipinski definition) is 7. The topological polar surface area (TPSA) is 102 Å². The van der Waals surface area contributed by atoms with E-state index in [1.54, 1.807) is 13.0 Å². The van der Waals surface area contributed by atoms with Crippen molar-refractivity contribution in [3.8, 4) is 17.0 Å². The first-order valence-corrected chi connectivity index (χ1v) is 13.0. The maximum Gasteiger partial charge on any atom is 0.416 e. The number of likely N-dealkylation sites (tertiary alicyclic amines) is 2. The van der Waals surface area contributed by atoms with Gasteiger partial charge in [-0.1, -0.05) is 0 Å². The van der Waals surface area contributed by atoms with Crippen LogP contribution in [0.2, 0.25) is 0 Å². The molecule has 1 aromatic heterocycles. The zero-order chi connectivity index (χ0) is 27.7. The Balaban J connectivity index is 1.38. The maximum atomic E-state index is 13.2. The number of aliphatic hydroxyl groups excluding tert-OH is 1. The van der Waals surface area contributed by atoms with Crippen LogP contribution in [0, 0.1) is 12.3 Å². The number of nitrogens with zero attached hydrogens (tertiary/aromatic N) is 4. The standard InChI is InChI=1S/C27H36F3N5O3/c1-17-13-23(32-33-24(17)21-7-6-18(14-22(21)37)27(28,29)30)31-19-5-4-10-34(15-19)16-26(2,3)25(38)35-11-8-20(36)9-12-35/h6-7,13-14,19-20,36-37H,4-5,8-12,15-16H2,1-3H3,(H,31,32)/t19-/m1/s1. The first-order chi connectivity index (χ1) is 17.8. The second-order valence-electron chi connectivity index (χ2n) is 11.1. The van der Waals surface area contributed by atoms with E-state index in [1.807, 2.05) is 18.7 Å². The molecule has 0 bridgehead atoms. The number of amides is 1. The van der Waals surface area contributed by atoms with Gasteiger partial charge in [-0.3, -0.25) is 4.79 Å². The van der Waals surface area contributed by atoms with Crippen LogP contribution >= 0.6 is 0 Å². The largest absolute Gasteiger partial charge is 0.507 e. The van der Waals surface area contributed by atoms with Crippen molar-refractivity contribution in [2.24, 2.45) is 5.41 Å². The SMILES string of the molecule is Cc1cc(N[C@@H]2CCCN(CC(C)(C)C(=O)N3CCC(O)CC3)C2)nnc1-c1ccc(C(F)(F)F)cc1O. The molecule has 38 heavy (non-hydrogen) atoms. The van der Waals surface area contributed by atoms with Crippen LogP contribution in [0.3, 0.4) is 0 Å². The minimum Gasteiger partial charge on any atom is -0.507 e. The van der Waals surface area contributed by atoms with Gasteiger partial charge in [-0.05, 0) is 82.8 Å². The molecule has 0 unspecified atom stereocenters. The van der Waals surface area contributed by atoms with E-state index >= 15 is 0 Å². The Bertz CT molecular complexity index is 1150. The van der Waals surface area contributed by atoms with Crippen LogP contribution in [0.15, 0.2) is 24.3 Å². The first kappa shape index (κ1) is 28.1. The molecule has 11 heteroatoms. The number of anilines is 1. The highest BCUT2D eigenvalue weighted by Gasteiger charge is 2.36. The van der Waals surface area contributed by atoms with Gasteiger partial charge in [-0.15, -0.1) is 10.2 Å². The molecule has 0 aliphatic carbocycles. The molecular weight excluding hydrogens is 499 g/mol. The Morgan fingerprint density at radius 1 is 1.11 bits per heavy atom. The second-order valence-corrected chi connectivity index (χ2v) is 11.1. The lowest BCUT2D eigenvalue weighted by molar-refractivity contribution is -0.143. The molecule has 3 heterocycles. The van der Waals surface area contributed by atoms with Crippen molar-refractivity contribution in [2.75, 3.05) is 38.0 Å². The number of phenolic OH excluding ortho intramolecular Hbond substituents is 1. The van der Waals surface area contributed by atoms with Gasteiger partial charge in [0.15, 0.2) is 0 Å². The Morgan fingerprint density at radius 2 is 1.82 bits per heavy atom. The van der Waals surface area contributed by atoms with Crippen LogP contribution < -0.4 is 5.32 Å². The number of aliphatic hydroxyl groups is 1. The second kappa shape index (κ2) is 11.1. The summed E-state index contributed by atoms with van der Waals surface area (Å²) in [7, 11) is 0. The number of aryl methyl sites for hydroxylation is 1. The van der Waals surface area contributed by atoms with Gasteiger partial charge in [0.1, 0.15) is 11.6 Å². The van der Waals surface area contributed by atoms with Crippen molar-refractivity contribution in [1.29, 1.82) is 0 Å². The minimum absolute atomic E-state index is 0.0961. The molecule has 208 valence electrons. The van der Waals surface area contributed by atoms with Gasteiger partial charge in [0.05, 0.1) is 22.8 Å². The van der Waals surface area contributed by atoms with Gasteiger partial charge in [0.2, 0.25) is 5.91 Å². The van der Waals surface area contributed by atoms with E-state index in [2.05, 4.69) is 20.4 Å². The van der Waals surface area contributed by atoms with Crippen molar-refractivity contribution in [3.05, 3.63) is 35.4 Å². The summed E-state index contributed by atoms with van der Waals surface area (Å²) in [6, 6.07) is 4.69. The van der Waals surface area contributed by atoms with Crippen LogP contribution in [0.5, 0.6) is 5.75 Å². The van der Waals surface area contributed by atoms with Crippen molar-refractivity contribution < 1.29 is 28.2 Å². The Hall–Kier alpha value is -2.92. The number of phenols is 1. The number of rotatable bonds is 6. The molecule has 2 fully saturated rings. The highest BCUT2D eigenvalue weighted by Crippen LogP contribution is 2.37.